The van der Waals surface area contributed by atoms with E-state index in [9.17, 15) is 9.59 Å². The van der Waals surface area contributed by atoms with Gasteiger partial charge in [-0.25, -0.2) is 4.98 Å². The molecule has 0 spiro atoms. The summed E-state index contributed by atoms with van der Waals surface area (Å²) < 4.78 is 5.01. The standard InChI is InChI=1S/C23H19N3O3S/c1-15-9-11-16(12-10-15)21-18(24-23(30-21)17-6-3-2-4-7-17)14-20(27)25-26-22(28)19-8-5-13-29-19/h2-13H,14H2,1H3,(H,25,27)(H,26,28). The van der Waals surface area contributed by atoms with Crippen LogP contribution in [-0.4, -0.2) is 16.8 Å². The molecule has 6 nitrogen and oxygen atoms in total. The number of hydrogen-bond donors (Lipinski definition) is 2. The van der Waals surface area contributed by atoms with Crippen LogP contribution in [0.5, 0.6) is 0 Å². The number of hydrogen-bond acceptors (Lipinski definition) is 5. The number of benzene rings is 2. The van der Waals surface area contributed by atoms with Gasteiger partial charge in [0.15, 0.2) is 5.76 Å². The van der Waals surface area contributed by atoms with Crippen LogP contribution in [0.3, 0.4) is 0 Å². The molecule has 0 saturated carbocycles. The summed E-state index contributed by atoms with van der Waals surface area (Å²) in [6.07, 6.45) is 1.43. The van der Waals surface area contributed by atoms with Gasteiger partial charge in [-0.15, -0.1) is 11.3 Å². The molecule has 0 fully saturated rings. The van der Waals surface area contributed by atoms with Crippen LogP contribution >= 0.6 is 11.3 Å². The lowest BCUT2D eigenvalue weighted by atomic mass is 10.1. The predicted octanol–water partition coefficient (Wildman–Crippen LogP) is 4.38. The second-order valence-electron chi connectivity index (χ2n) is 6.68. The molecule has 0 aliphatic rings. The largest absolute Gasteiger partial charge is 0.459 e. The van der Waals surface area contributed by atoms with E-state index in [4.69, 9.17) is 9.40 Å². The maximum absolute atomic E-state index is 12.5. The Balaban J connectivity index is 1.56. The van der Waals surface area contributed by atoms with Crippen LogP contribution in [0, 0.1) is 6.92 Å². The van der Waals surface area contributed by atoms with Crippen molar-refractivity contribution in [3.8, 4) is 21.0 Å². The van der Waals surface area contributed by atoms with Crippen molar-refractivity contribution in [2.24, 2.45) is 0 Å². The lowest BCUT2D eigenvalue weighted by molar-refractivity contribution is -0.121. The SMILES string of the molecule is Cc1ccc(-c2sc(-c3ccccc3)nc2CC(=O)NNC(=O)c2ccco2)cc1. The zero-order valence-corrected chi connectivity index (χ0v) is 17.0. The fourth-order valence-corrected chi connectivity index (χ4v) is 3.99. The number of aryl methyl sites for hydroxylation is 1. The minimum atomic E-state index is -0.518. The van der Waals surface area contributed by atoms with Gasteiger partial charge >= 0.3 is 5.91 Å². The molecule has 0 bridgehead atoms. The van der Waals surface area contributed by atoms with E-state index < -0.39 is 5.91 Å². The molecule has 0 radical (unpaired) electrons. The number of amides is 2. The van der Waals surface area contributed by atoms with Crippen LogP contribution < -0.4 is 10.9 Å². The van der Waals surface area contributed by atoms with Gasteiger partial charge in [-0.1, -0.05) is 60.2 Å². The molecule has 0 atom stereocenters. The maximum Gasteiger partial charge on any atom is 0.305 e. The smallest absolute Gasteiger partial charge is 0.305 e. The van der Waals surface area contributed by atoms with E-state index in [0.29, 0.717) is 5.69 Å². The molecule has 2 aromatic carbocycles. The van der Waals surface area contributed by atoms with Crippen molar-refractivity contribution in [3.05, 3.63) is 90.0 Å². The van der Waals surface area contributed by atoms with Gasteiger partial charge in [0.05, 0.1) is 23.3 Å². The monoisotopic (exact) mass is 417 g/mol. The third-order valence-corrected chi connectivity index (χ3v) is 5.62. The Bertz CT molecular complexity index is 1150. The molecule has 7 heteroatoms. The average Bonchev–Trinajstić information content (AvgIpc) is 3.44. The van der Waals surface area contributed by atoms with Gasteiger partial charge < -0.3 is 4.42 Å². The minimum absolute atomic E-state index is 0.0327. The molecule has 2 aromatic heterocycles. The van der Waals surface area contributed by atoms with Crippen LogP contribution in [0.25, 0.3) is 21.0 Å². The molecule has 2 amide bonds. The third kappa shape index (κ3) is 4.47. The summed E-state index contributed by atoms with van der Waals surface area (Å²) in [5, 5.41) is 0.841. The number of hydrazine groups is 1. The summed E-state index contributed by atoms with van der Waals surface area (Å²) >= 11 is 1.54. The summed E-state index contributed by atoms with van der Waals surface area (Å²) in [6, 6.07) is 21.1. The first-order valence-corrected chi connectivity index (χ1v) is 10.2. The van der Waals surface area contributed by atoms with E-state index in [1.165, 1.54) is 12.3 Å². The number of nitrogens with zero attached hydrogens (tertiary/aromatic N) is 1. The van der Waals surface area contributed by atoms with E-state index >= 15 is 0 Å². The number of furan rings is 1. The number of nitrogens with one attached hydrogen (secondary N) is 2. The maximum atomic E-state index is 12.5. The van der Waals surface area contributed by atoms with Crippen molar-refractivity contribution in [3.63, 3.8) is 0 Å². The van der Waals surface area contributed by atoms with Gasteiger partial charge in [-0.05, 0) is 24.6 Å². The van der Waals surface area contributed by atoms with E-state index in [0.717, 1.165) is 26.6 Å². The van der Waals surface area contributed by atoms with Crippen LogP contribution in [-0.2, 0) is 11.2 Å². The van der Waals surface area contributed by atoms with Gasteiger partial charge in [0.25, 0.3) is 0 Å². The van der Waals surface area contributed by atoms with E-state index in [1.807, 2.05) is 61.5 Å². The van der Waals surface area contributed by atoms with E-state index in [1.54, 1.807) is 17.4 Å². The van der Waals surface area contributed by atoms with Gasteiger partial charge in [0.2, 0.25) is 5.91 Å². The van der Waals surface area contributed by atoms with Gasteiger partial charge in [-0.2, -0.15) is 0 Å². The number of rotatable bonds is 5. The Labute approximate surface area is 177 Å². The summed E-state index contributed by atoms with van der Waals surface area (Å²) in [4.78, 5) is 30.1. The normalized spacial score (nSPS) is 10.6. The first kappa shape index (κ1) is 19.6. The highest BCUT2D eigenvalue weighted by molar-refractivity contribution is 7.18. The molecule has 4 aromatic rings. The molecular formula is C23H19N3O3S. The summed E-state index contributed by atoms with van der Waals surface area (Å²) in [5.41, 5.74) is 8.59. The number of carbonyl (C=O) groups is 2. The van der Waals surface area contributed by atoms with Crippen molar-refractivity contribution < 1.29 is 14.0 Å². The van der Waals surface area contributed by atoms with Crippen LogP contribution in [0.15, 0.2) is 77.4 Å². The number of carbonyl (C=O) groups excluding carboxylic acids is 2. The fraction of sp³-hybridized carbons (Fsp3) is 0.0870. The topological polar surface area (TPSA) is 84.2 Å². The first-order valence-electron chi connectivity index (χ1n) is 9.35. The Morgan fingerprint density at radius 3 is 2.40 bits per heavy atom. The lowest BCUT2D eigenvalue weighted by Crippen LogP contribution is -2.42. The van der Waals surface area contributed by atoms with Gasteiger partial charge in [0, 0.05) is 5.56 Å². The Morgan fingerprint density at radius 1 is 0.933 bits per heavy atom. The number of thiazole rings is 1. The average molecular weight is 417 g/mol. The second kappa shape index (κ2) is 8.75. The molecule has 4 rings (SSSR count). The Kier molecular flexibility index (Phi) is 5.72. The quantitative estimate of drug-likeness (QED) is 0.472. The zero-order chi connectivity index (χ0) is 20.9. The Hall–Kier alpha value is -3.71. The van der Waals surface area contributed by atoms with Crippen molar-refractivity contribution in [2.75, 3.05) is 0 Å². The third-order valence-electron chi connectivity index (χ3n) is 4.42. The molecule has 2 N–H and O–H groups in total. The van der Waals surface area contributed by atoms with E-state index in [-0.39, 0.29) is 18.1 Å². The van der Waals surface area contributed by atoms with Gasteiger partial charge in [-0.3, -0.25) is 20.4 Å². The summed E-state index contributed by atoms with van der Waals surface area (Å²) in [6.45, 7) is 2.03. The van der Waals surface area contributed by atoms with Crippen molar-refractivity contribution in [1.29, 1.82) is 0 Å². The van der Waals surface area contributed by atoms with Crippen molar-refractivity contribution in [1.82, 2.24) is 15.8 Å². The van der Waals surface area contributed by atoms with Crippen molar-refractivity contribution >= 4 is 23.2 Å². The molecule has 0 aliphatic heterocycles. The molecule has 2 heterocycles. The lowest BCUT2D eigenvalue weighted by Gasteiger charge is -2.06. The second-order valence-corrected chi connectivity index (χ2v) is 7.68. The van der Waals surface area contributed by atoms with Crippen LogP contribution in [0.1, 0.15) is 21.8 Å². The van der Waals surface area contributed by atoms with E-state index in [2.05, 4.69) is 10.9 Å². The predicted molar refractivity (Wildman–Crippen MR) is 116 cm³/mol. The first-order chi connectivity index (χ1) is 14.6. The zero-order valence-electron chi connectivity index (χ0n) is 16.2. The summed E-state index contributed by atoms with van der Waals surface area (Å²) in [7, 11) is 0. The highest BCUT2D eigenvalue weighted by Gasteiger charge is 2.18. The molecule has 150 valence electrons. The fourth-order valence-electron chi connectivity index (χ4n) is 2.90. The molecule has 0 aliphatic carbocycles. The highest BCUT2D eigenvalue weighted by Crippen LogP contribution is 2.35. The molecule has 0 unspecified atom stereocenters. The number of aromatic nitrogens is 1. The highest BCUT2D eigenvalue weighted by atomic mass is 32.1. The Morgan fingerprint density at radius 2 is 1.70 bits per heavy atom. The minimum Gasteiger partial charge on any atom is -0.459 e. The van der Waals surface area contributed by atoms with Crippen LogP contribution in [0.2, 0.25) is 0 Å². The molecular weight excluding hydrogens is 398 g/mol. The van der Waals surface area contributed by atoms with Crippen molar-refractivity contribution in [2.45, 2.75) is 13.3 Å². The summed E-state index contributed by atoms with van der Waals surface area (Å²) in [5.74, 6) is -0.765. The molecule has 0 saturated heterocycles. The molecule has 30 heavy (non-hydrogen) atoms. The van der Waals surface area contributed by atoms with Crippen LogP contribution in [0.4, 0.5) is 0 Å². The van der Waals surface area contributed by atoms with Gasteiger partial charge in [0.1, 0.15) is 5.01 Å².